The summed E-state index contributed by atoms with van der Waals surface area (Å²) < 4.78 is 0. The number of hydrogen-bond donors (Lipinski definition) is 2. The van der Waals surface area contributed by atoms with Gasteiger partial charge >= 0.3 is 0 Å². The second-order valence-corrected chi connectivity index (χ2v) is 4.00. The number of rotatable bonds is 1. The van der Waals surface area contributed by atoms with Gasteiger partial charge < -0.3 is 10.0 Å². The van der Waals surface area contributed by atoms with Gasteiger partial charge in [-0.1, -0.05) is 0 Å². The van der Waals surface area contributed by atoms with Crippen LogP contribution in [0.25, 0.3) is 0 Å². The molecule has 2 rings (SSSR count). The molecule has 1 amide bonds. The van der Waals surface area contributed by atoms with Crippen molar-refractivity contribution >= 4 is 5.91 Å². The van der Waals surface area contributed by atoms with Crippen LogP contribution in [0.2, 0.25) is 0 Å². The van der Waals surface area contributed by atoms with Crippen molar-refractivity contribution in [2.45, 2.75) is 26.4 Å². The molecule has 1 aromatic heterocycles. The third kappa shape index (κ3) is 1.74. The molecule has 2 N–H and O–H groups in total. The van der Waals surface area contributed by atoms with E-state index in [9.17, 15) is 9.90 Å². The van der Waals surface area contributed by atoms with E-state index in [1.807, 2.05) is 13.8 Å². The molecule has 1 aliphatic heterocycles. The standard InChI is InChI=1S/C10H15N3O2/c1-6-9(7(2)12-11-6)10(15)13-4-3-8(14)5-13/h8,14H,3-5H2,1-2H3,(H,11,12)/t8-/m1/s1. The minimum absolute atomic E-state index is 0.0321. The van der Waals surface area contributed by atoms with Gasteiger partial charge in [-0.15, -0.1) is 0 Å². The summed E-state index contributed by atoms with van der Waals surface area (Å²) in [6.07, 6.45) is 0.295. The van der Waals surface area contributed by atoms with Crippen LogP contribution < -0.4 is 0 Å². The first kappa shape index (κ1) is 10.2. The highest BCUT2D eigenvalue weighted by Crippen LogP contribution is 2.17. The van der Waals surface area contributed by atoms with Gasteiger partial charge in [-0.3, -0.25) is 9.89 Å². The number of nitrogens with zero attached hydrogens (tertiary/aromatic N) is 2. The molecule has 5 heteroatoms. The summed E-state index contributed by atoms with van der Waals surface area (Å²) in [5.74, 6) is -0.0321. The molecule has 0 aromatic carbocycles. The van der Waals surface area contributed by atoms with Gasteiger partial charge in [-0.25, -0.2) is 0 Å². The molecule has 0 saturated carbocycles. The Labute approximate surface area is 88.1 Å². The normalized spacial score (nSPS) is 21.0. The minimum atomic E-state index is -0.374. The molecule has 1 saturated heterocycles. The molecule has 0 radical (unpaired) electrons. The van der Waals surface area contributed by atoms with Gasteiger partial charge in [-0.05, 0) is 20.3 Å². The number of amides is 1. The quantitative estimate of drug-likeness (QED) is 0.695. The third-order valence-corrected chi connectivity index (χ3v) is 2.79. The topological polar surface area (TPSA) is 69.2 Å². The predicted molar refractivity (Wildman–Crippen MR) is 54.6 cm³/mol. The lowest BCUT2D eigenvalue weighted by Crippen LogP contribution is -2.30. The Hall–Kier alpha value is -1.36. The fourth-order valence-corrected chi connectivity index (χ4v) is 1.95. The molecule has 0 aliphatic carbocycles. The number of likely N-dealkylation sites (tertiary alicyclic amines) is 1. The number of aliphatic hydroxyl groups is 1. The van der Waals surface area contributed by atoms with E-state index in [4.69, 9.17) is 0 Å². The minimum Gasteiger partial charge on any atom is -0.391 e. The average molecular weight is 209 g/mol. The van der Waals surface area contributed by atoms with E-state index in [0.29, 0.717) is 25.1 Å². The van der Waals surface area contributed by atoms with E-state index >= 15 is 0 Å². The molecule has 15 heavy (non-hydrogen) atoms. The molecule has 2 heterocycles. The highest BCUT2D eigenvalue weighted by atomic mass is 16.3. The first-order valence-electron chi connectivity index (χ1n) is 5.08. The zero-order valence-corrected chi connectivity index (χ0v) is 8.95. The number of hydrogen-bond acceptors (Lipinski definition) is 3. The molecular weight excluding hydrogens is 194 g/mol. The van der Waals surface area contributed by atoms with Gasteiger partial charge in [0.15, 0.2) is 0 Å². The van der Waals surface area contributed by atoms with Gasteiger partial charge in [0.1, 0.15) is 0 Å². The Morgan fingerprint density at radius 3 is 2.80 bits per heavy atom. The van der Waals surface area contributed by atoms with E-state index in [0.717, 1.165) is 11.4 Å². The van der Waals surface area contributed by atoms with Crippen molar-refractivity contribution in [3.63, 3.8) is 0 Å². The first-order chi connectivity index (χ1) is 7.09. The van der Waals surface area contributed by atoms with Crippen molar-refractivity contribution in [2.24, 2.45) is 0 Å². The summed E-state index contributed by atoms with van der Waals surface area (Å²) in [5.41, 5.74) is 2.15. The van der Waals surface area contributed by atoms with Crippen LogP contribution in [0.5, 0.6) is 0 Å². The molecule has 82 valence electrons. The maximum Gasteiger partial charge on any atom is 0.257 e. The average Bonchev–Trinajstić information content (AvgIpc) is 2.73. The van der Waals surface area contributed by atoms with Gasteiger partial charge in [0.05, 0.1) is 17.4 Å². The monoisotopic (exact) mass is 209 g/mol. The van der Waals surface area contributed by atoms with Crippen molar-refractivity contribution in [1.82, 2.24) is 15.1 Å². The van der Waals surface area contributed by atoms with Crippen molar-refractivity contribution in [2.75, 3.05) is 13.1 Å². The number of aryl methyl sites for hydroxylation is 2. The lowest BCUT2D eigenvalue weighted by atomic mass is 10.2. The Bertz CT molecular complexity index is 367. The zero-order chi connectivity index (χ0) is 11.0. The van der Waals surface area contributed by atoms with Crippen LogP contribution in [0.1, 0.15) is 28.2 Å². The van der Waals surface area contributed by atoms with Crippen LogP contribution in [-0.4, -0.2) is 45.3 Å². The predicted octanol–water partition coefficient (Wildman–Crippen LogP) is 0.233. The SMILES string of the molecule is Cc1n[nH]c(C)c1C(=O)N1CC[C@@H](O)C1. The summed E-state index contributed by atoms with van der Waals surface area (Å²) in [4.78, 5) is 13.7. The van der Waals surface area contributed by atoms with Gasteiger partial charge in [-0.2, -0.15) is 5.10 Å². The molecule has 1 atom stereocenters. The van der Waals surface area contributed by atoms with Gasteiger partial charge in [0, 0.05) is 18.8 Å². The summed E-state index contributed by atoms with van der Waals surface area (Å²) in [5, 5.41) is 16.2. The van der Waals surface area contributed by atoms with Gasteiger partial charge in [0.25, 0.3) is 5.91 Å². The molecular formula is C10H15N3O2. The van der Waals surface area contributed by atoms with Crippen LogP contribution in [-0.2, 0) is 0 Å². The largest absolute Gasteiger partial charge is 0.391 e. The van der Waals surface area contributed by atoms with Gasteiger partial charge in [0.2, 0.25) is 0 Å². The highest BCUT2D eigenvalue weighted by molar-refractivity contribution is 5.96. The lowest BCUT2D eigenvalue weighted by Gasteiger charge is -2.15. The summed E-state index contributed by atoms with van der Waals surface area (Å²) >= 11 is 0. The smallest absolute Gasteiger partial charge is 0.257 e. The fraction of sp³-hybridized carbons (Fsp3) is 0.600. The van der Waals surface area contributed by atoms with Crippen molar-refractivity contribution in [3.8, 4) is 0 Å². The fourth-order valence-electron chi connectivity index (χ4n) is 1.95. The molecule has 1 aromatic rings. The summed E-state index contributed by atoms with van der Waals surface area (Å²) in [6, 6.07) is 0. The third-order valence-electron chi connectivity index (χ3n) is 2.79. The Balaban J connectivity index is 2.21. The number of nitrogens with one attached hydrogen (secondary N) is 1. The Morgan fingerprint density at radius 1 is 1.60 bits per heavy atom. The molecule has 5 nitrogen and oxygen atoms in total. The van der Waals surface area contributed by atoms with Crippen LogP contribution >= 0.6 is 0 Å². The van der Waals surface area contributed by atoms with Crippen LogP contribution in [0.4, 0.5) is 0 Å². The van der Waals surface area contributed by atoms with Crippen LogP contribution in [0, 0.1) is 13.8 Å². The molecule has 0 unspecified atom stereocenters. The highest BCUT2D eigenvalue weighted by Gasteiger charge is 2.28. The zero-order valence-electron chi connectivity index (χ0n) is 8.95. The van der Waals surface area contributed by atoms with Crippen molar-refractivity contribution in [3.05, 3.63) is 17.0 Å². The number of H-pyrrole nitrogens is 1. The second-order valence-electron chi connectivity index (χ2n) is 4.00. The summed E-state index contributed by atoms with van der Waals surface area (Å²) in [7, 11) is 0. The Morgan fingerprint density at radius 2 is 2.33 bits per heavy atom. The van der Waals surface area contributed by atoms with E-state index in [-0.39, 0.29) is 12.0 Å². The number of carbonyl (C=O) groups excluding carboxylic acids is 1. The number of aromatic amines is 1. The maximum atomic E-state index is 12.1. The lowest BCUT2D eigenvalue weighted by molar-refractivity contribution is 0.0763. The van der Waals surface area contributed by atoms with E-state index in [1.165, 1.54) is 0 Å². The van der Waals surface area contributed by atoms with E-state index in [2.05, 4.69) is 10.2 Å². The van der Waals surface area contributed by atoms with Crippen LogP contribution in [0.15, 0.2) is 0 Å². The second kappa shape index (κ2) is 3.66. The first-order valence-corrected chi connectivity index (χ1v) is 5.08. The maximum absolute atomic E-state index is 12.1. The van der Waals surface area contributed by atoms with Crippen LogP contribution in [0.3, 0.4) is 0 Å². The molecule has 1 aliphatic rings. The van der Waals surface area contributed by atoms with E-state index in [1.54, 1.807) is 4.90 Å². The molecule has 0 spiro atoms. The number of carbonyl (C=O) groups is 1. The molecule has 0 bridgehead atoms. The Kier molecular flexibility index (Phi) is 2.48. The number of aliphatic hydroxyl groups excluding tert-OH is 1. The number of β-amino-alcohol motifs (C(OH)–C–C–N with tert-alkyl or cyclic N) is 1. The number of aromatic nitrogens is 2. The van der Waals surface area contributed by atoms with Crippen molar-refractivity contribution in [1.29, 1.82) is 0 Å². The van der Waals surface area contributed by atoms with Crippen molar-refractivity contribution < 1.29 is 9.90 Å². The summed E-state index contributed by atoms with van der Waals surface area (Å²) in [6.45, 7) is 4.70. The molecule has 1 fully saturated rings. The van der Waals surface area contributed by atoms with E-state index < -0.39 is 0 Å².